The van der Waals surface area contributed by atoms with Crippen LogP contribution in [0, 0.1) is 11.3 Å². The summed E-state index contributed by atoms with van der Waals surface area (Å²) >= 11 is 0. The Hall–Kier alpha value is -2.23. The van der Waals surface area contributed by atoms with E-state index in [0.717, 1.165) is 46.9 Å². The maximum Gasteiger partial charge on any atom is 0.277 e. The lowest BCUT2D eigenvalue weighted by Crippen LogP contribution is -2.33. The lowest BCUT2D eigenvalue weighted by Gasteiger charge is -2.35. The Kier molecular flexibility index (Phi) is 3.24. The van der Waals surface area contributed by atoms with Crippen LogP contribution in [0.2, 0.25) is 0 Å². The molecule has 5 rings (SSSR count). The molecule has 1 saturated carbocycles. The van der Waals surface area contributed by atoms with Gasteiger partial charge in [0.15, 0.2) is 0 Å². The van der Waals surface area contributed by atoms with Crippen molar-refractivity contribution in [3.05, 3.63) is 51.8 Å². The van der Waals surface area contributed by atoms with Crippen molar-refractivity contribution in [3.8, 4) is 0 Å². The van der Waals surface area contributed by atoms with Crippen molar-refractivity contribution < 1.29 is 0 Å². The van der Waals surface area contributed by atoms with Crippen molar-refractivity contribution in [1.29, 1.82) is 0 Å². The van der Waals surface area contributed by atoms with E-state index in [1.165, 1.54) is 5.69 Å². The van der Waals surface area contributed by atoms with Gasteiger partial charge in [-0.05, 0) is 48.6 Å². The van der Waals surface area contributed by atoms with E-state index in [9.17, 15) is 4.79 Å². The van der Waals surface area contributed by atoms with E-state index in [1.807, 2.05) is 12.3 Å². The maximum atomic E-state index is 13.1. The molecule has 140 valence electrons. The first-order valence-corrected chi connectivity index (χ1v) is 10.1. The molecule has 0 aromatic carbocycles. The quantitative estimate of drug-likeness (QED) is 0.626. The molecule has 0 saturated heterocycles. The zero-order valence-electron chi connectivity index (χ0n) is 16.8. The molecule has 2 unspecified atom stereocenters. The number of rotatable bonds is 2. The van der Waals surface area contributed by atoms with Gasteiger partial charge in [0.25, 0.3) is 5.56 Å². The average Bonchev–Trinajstić information content (AvgIpc) is 2.94. The molecule has 3 aromatic rings. The van der Waals surface area contributed by atoms with Crippen molar-refractivity contribution in [2.75, 3.05) is 0 Å². The van der Waals surface area contributed by atoms with E-state index < -0.39 is 0 Å². The van der Waals surface area contributed by atoms with Crippen LogP contribution in [0.1, 0.15) is 70.3 Å². The van der Waals surface area contributed by atoms with Crippen LogP contribution in [0.4, 0.5) is 0 Å². The highest BCUT2D eigenvalue weighted by Crippen LogP contribution is 2.66. The van der Waals surface area contributed by atoms with E-state index in [1.54, 1.807) is 0 Å². The molecule has 2 aliphatic carbocycles. The highest BCUT2D eigenvalue weighted by Gasteiger charge is 2.61. The van der Waals surface area contributed by atoms with E-state index in [0.29, 0.717) is 11.8 Å². The zero-order chi connectivity index (χ0) is 19.1. The van der Waals surface area contributed by atoms with Crippen LogP contribution < -0.4 is 5.56 Å². The minimum absolute atomic E-state index is 0.0134. The SMILES string of the molecule is CC(C)Cc1nccc2c1ccn1c3c(c(=O)nc21)C1CCC3(C)C1(C)C. The van der Waals surface area contributed by atoms with Crippen LogP contribution in [0.15, 0.2) is 29.3 Å². The van der Waals surface area contributed by atoms with Gasteiger partial charge in [-0.15, -0.1) is 0 Å². The second kappa shape index (κ2) is 5.18. The molecule has 1 fully saturated rings. The third-order valence-electron chi connectivity index (χ3n) is 7.56. The summed E-state index contributed by atoms with van der Waals surface area (Å²) in [7, 11) is 0. The van der Waals surface area contributed by atoms with Gasteiger partial charge in [-0.2, -0.15) is 4.98 Å². The molecule has 3 heterocycles. The van der Waals surface area contributed by atoms with Gasteiger partial charge in [-0.3, -0.25) is 9.78 Å². The normalized spacial score (nSPS) is 25.6. The average molecular weight is 361 g/mol. The Bertz CT molecular complexity index is 1160. The molecule has 0 aliphatic heterocycles. The molecule has 2 aliphatic rings. The Morgan fingerprint density at radius 1 is 1.22 bits per heavy atom. The molecule has 2 bridgehead atoms. The van der Waals surface area contributed by atoms with Gasteiger partial charge in [0.05, 0.1) is 0 Å². The Balaban J connectivity index is 1.89. The second-order valence-electron chi connectivity index (χ2n) is 9.65. The first kappa shape index (κ1) is 16.9. The van der Waals surface area contributed by atoms with Crippen molar-refractivity contribution in [3.63, 3.8) is 0 Å². The Morgan fingerprint density at radius 2 is 2.00 bits per heavy atom. The molecule has 3 aromatic heterocycles. The fourth-order valence-corrected chi connectivity index (χ4v) is 5.78. The van der Waals surface area contributed by atoms with Crippen molar-refractivity contribution in [2.24, 2.45) is 11.3 Å². The van der Waals surface area contributed by atoms with Crippen LogP contribution in [0.3, 0.4) is 0 Å². The predicted octanol–water partition coefficient (Wildman–Crippen LogP) is 4.62. The van der Waals surface area contributed by atoms with Gasteiger partial charge < -0.3 is 4.40 Å². The smallest absolute Gasteiger partial charge is 0.277 e. The molecule has 0 radical (unpaired) electrons. The Labute approximate surface area is 159 Å². The maximum absolute atomic E-state index is 13.1. The molecule has 4 nitrogen and oxygen atoms in total. The highest BCUT2D eigenvalue weighted by molar-refractivity contribution is 5.95. The monoisotopic (exact) mass is 361 g/mol. The van der Waals surface area contributed by atoms with Crippen LogP contribution in [0.25, 0.3) is 16.4 Å². The van der Waals surface area contributed by atoms with Crippen molar-refractivity contribution >= 4 is 16.4 Å². The molecule has 27 heavy (non-hydrogen) atoms. The summed E-state index contributed by atoms with van der Waals surface area (Å²) in [6, 6.07) is 4.18. The van der Waals surface area contributed by atoms with Crippen LogP contribution in [-0.4, -0.2) is 14.4 Å². The van der Waals surface area contributed by atoms with Gasteiger partial charge in [-0.1, -0.05) is 34.6 Å². The van der Waals surface area contributed by atoms with E-state index in [4.69, 9.17) is 0 Å². The fourth-order valence-electron chi connectivity index (χ4n) is 5.78. The summed E-state index contributed by atoms with van der Waals surface area (Å²) < 4.78 is 2.21. The topological polar surface area (TPSA) is 47.3 Å². The minimum Gasteiger partial charge on any atom is -0.304 e. The Morgan fingerprint density at radius 3 is 2.74 bits per heavy atom. The van der Waals surface area contributed by atoms with Crippen LogP contribution >= 0.6 is 0 Å². The minimum atomic E-state index is -0.0266. The van der Waals surface area contributed by atoms with Gasteiger partial charge in [0.1, 0.15) is 5.65 Å². The molecule has 0 amide bonds. The summed E-state index contributed by atoms with van der Waals surface area (Å²) in [5.74, 6) is 0.851. The predicted molar refractivity (Wildman–Crippen MR) is 108 cm³/mol. The van der Waals surface area contributed by atoms with Crippen molar-refractivity contribution in [1.82, 2.24) is 14.4 Å². The summed E-state index contributed by atoms with van der Waals surface area (Å²) in [5, 5.41) is 2.15. The van der Waals surface area contributed by atoms with Crippen molar-refractivity contribution in [2.45, 2.75) is 65.2 Å². The molecular weight excluding hydrogens is 334 g/mol. The van der Waals surface area contributed by atoms with Crippen LogP contribution in [-0.2, 0) is 11.8 Å². The number of hydrogen-bond donors (Lipinski definition) is 0. The third-order valence-corrected chi connectivity index (χ3v) is 7.56. The first-order valence-electron chi connectivity index (χ1n) is 10.1. The molecule has 0 spiro atoms. The van der Waals surface area contributed by atoms with E-state index in [2.05, 4.69) is 61.3 Å². The number of fused-ring (bicyclic) bond motifs is 9. The number of aromatic nitrogens is 3. The van der Waals surface area contributed by atoms with Gasteiger partial charge in [0, 0.05) is 45.5 Å². The van der Waals surface area contributed by atoms with Gasteiger partial charge in [-0.25, -0.2) is 0 Å². The number of pyridine rings is 2. The fraction of sp³-hybridized carbons (Fsp3) is 0.522. The summed E-state index contributed by atoms with van der Waals surface area (Å²) in [4.78, 5) is 22.3. The summed E-state index contributed by atoms with van der Waals surface area (Å²) in [6.45, 7) is 11.4. The lowest BCUT2D eigenvalue weighted by molar-refractivity contribution is 0.226. The molecule has 4 heteroatoms. The summed E-state index contributed by atoms with van der Waals surface area (Å²) in [6.07, 6.45) is 7.13. The van der Waals surface area contributed by atoms with Gasteiger partial charge in [0.2, 0.25) is 0 Å². The largest absolute Gasteiger partial charge is 0.304 e. The highest BCUT2D eigenvalue weighted by atomic mass is 16.1. The van der Waals surface area contributed by atoms with E-state index in [-0.39, 0.29) is 16.4 Å². The van der Waals surface area contributed by atoms with E-state index >= 15 is 0 Å². The third kappa shape index (κ3) is 1.96. The second-order valence-corrected chi connectivity index (χ2v) is 9.65. The standard InChI is InChI=1S/C23H27N3O/c1-13(2)12-17-14-8-11-26-19-18(16-6-9-23(19,5)22(16,3)4)21(27)25-20(26)15(14)7-10-24-17/h7-8,10-11,13,16H,6,9,12H2,1-5H3. The first-order chi connectivity index (χ1) is 12.8. The zero-order valence-corrected chi connectivity index (χ0v) is 16.8. The van der Waals surface area contributed by atoms with Gasteiger partial charge >= 0.3 is 0 Å². The molecular formula is C23H27N3O. The molecule has 2 atom stereocenters. The number of hydrogen-bond acceptors (Lipinski definition) is 3. The van der Waals surface area contributed by atoms with Crippen LogP contribution in [0.5, 0.6) is 0 Å². The number of nitrogens with zero attached hydrogens (tertiary/aromatic N) is 3. The summed E-state index contributed by atoms with van der Waals surface area (Å²) in [5.41, 5.74) is 4.11. The lowest BCUT2D eigenvalue weighted by atomic mass is 9.70. The molecule has 0 N–H and O–H groups in total.